The van der Waals surface area contributed by atoms with E-state index in [1.165, 1.54) is 18.4 Å². The zero-order valence-electron chi connectivity index (χ0n) is 11.2. The molecule has 0 aliphatic heterocycles. The fourth-order valence-corrected chi connectivity index (χ4v) is 2.74. The zero-order chi connectivity index (χ0) is 12.3. The Bertz CT molecular complexity index is 336. The molecule has 17 heavy (non-hydrogen) atoms. The van der Waals surface area contributed by atoms with E-state index in [1.807, 2.05) is 12.4 Å². The number of nitrogens with zero attached hydrogens (tertiary/aromatic N) is 1. The van der Waals surface area contributed by atoms with Gasteiger partial charge in [-0.3, -0.25) is 4.98 Å². The maximum absolute atomic E-state index is 4.10. The lowest BCUT2D eigenvalue weighted by Gasteiger charge is -2.26. The van der Waals surface area contributed by atoms with Crippen LogP contribution in [-0.4, -0.2) is 17.6 Å². The molecule has 0 aromatic carbocycles. The van der Waals surface area contributed by atoms with Crippen molar-refractivity contribution in [1.82, 2.24) is 10.3 Å². The quantitative estimate of drug-likeness (QED) is 0.814. The van der Waals surface area contributed by atoms with Crippen LogP contribution in [0.5, 0.6) is 0 Å². The first kappa shape index (κ1) is 12.6. The first-order chi connectivity index (χ1) is 8.24. The van der Waals surface area contributed by atoms with Crippen LogP contribution < -0.4 is 5.32 Å². The first-order valence-electron chi connectivity index (χ1n) is 6.87. The Morgan fingerprint density at radius 2 is 2.06 bits per heavy atom. The van der Waals surface area contributed by atoms with Crippen molar-refractivity contribution in [3.63, 3.8) is 0 Å². The van der Waals surface area contributed by atoms with E-state index in [2.05, 4.69) is 43.2 Å². The molecule has 1 N–H and O–H groups in total. The van der Waals surface area contributed by atoms with Crippen LogP contribution in [0.1, 0.15) is 45.1 Å². The molecule has 1 saturated carbocycles. The molecule has 2 heteroatoms. The third kappa shape index (κ3) is 3.06. The Labute approximate surface area is 105 Å². The summed E-state index contributed by atoms with van der Waals surface area (Å²) in [6.07, 6.45) is 6.40. The maximum atomic E-state index is 4.10. The Hall–Kier alpha value is -0.890. The molecule has 0 amide bonds. The summed E-state index contributed by atoms with van der Waals surface area (Å²) in [6.45, 7) is 8.07. The van der Waals surface area contributed by atoms with Crippen LogP contribution in [0.3, 0.4) is 0 Å². The number of rotatable bonds is 6. The number of hydrogen-bond donors (Lipinski definition) is 1. The number of aromatic nitrogens is 1. The van der Waals surface area contributed by atoms with Crippen molar-refractivity contribution in [2.45, 2.75) is 45.6 Å². The third-order valence-corrected chi connectivity index (χ3v) is 4.03. The minimum atomic E-state index is 0.583. The van der Waals surface area contributed by atoms with E-state index in [0.717, 1.165) is 18.4 Å². The molecule has 1 aromatic heterocycles. The predicted molar refractivity (Wildman–Crippen MR) is 72.0 cm³/mol. The summed E-state index contributed by atoms with van der Waals surface area (Å²) in [7, 11) is 0. The highest BCUT2D eigenvalue weighted by atomic mass is 14.9. The number of pyridine rings is 1. The Kier molecular flexibility index (Phi) is 4.16. The highest BCUT2D eigenvalue weighted by Gasteiger charge is 2.41. The molecule has 4 atom stereocenters. The van der Waals surface area contributed by atoms with Crippen molar-refractivity contribution >= 4 is 0 Å². The van der Waals surface area contributed by atoms with Crippen LogP contribution in [0.4, 0.5) is 0 Å². The molecule has 1 heterocycles. The van der Waals surface area contributed by atoms with Gasteiger partial charge < -0.3 is 5.32 Å². The standard InChI is InChI=1S/C15H24N2/c1-4-7-17-15(14-10-11(14)2)12(3)13-5-8-16-9-6-13/h5-6,8-9,11-12,14-15,17H,4,7,10H2,1-3H3. The number of nitrogens with one attached hydrogen (secondary N) is 1. The van der Waals surface area contributed by atoms with E-state index in [-0.39, 0.29) is 0 Å². The van der Waals surface area contributed by atoms with Crippen molar-refractivity contribution < 1.29 is 0 Å². The van der Waals surface area contributed by atoms with Gasteiger partial charge in [0.2, 0.25) is 0 Å². The Morgan fingerprint density at radius 3 is 2.59 bits per heavy atom. The molecule has 4 unspecified atom stereocenters. The molecule has 0 bridgehead atoms. The van der Waals surface area contributed by atoms with E-state index in [9.17, 15) is 0 Å². The van der Waals surface area contributed by atoms with Gasteiger partial charge in [0, 0.05) is 18.4 Å². The van der Waals surface area contributed by atoms with Crippen molar-refractivity contribution in [3.8, 4) is 0 Å². The van der Waals surface area contributed by atoms with Crippen LogP contribution in [0.15, 0.2) is 24.5 Å². The first-order valence-corrected chi connectivity index (χ1v) is 6.87. The molecule has 0 radical (unpaired) electrons. The molecule has 2 rings (SSSR count). The molecule has 2 nitrogen and oxygen atoms in total. The summed E-state index contributed by atoms with van der Waals surface area (Å²) in [4.78, 5) is 4.10. The van der Waals surface area contributed by atoms with Crippen LogP contribution in [0.2, 0.25) is 0 Å². The van der Waals surface area contributed by atoms with E-state index >= 15 is 0 Å². The summed E-state index contributed by atoms with van der Waals surface area (Å²) in [6, 6.07) is 4.93. The highest BCUT2D eigenvalue weighted by Crippen LogP contribution is 2.44. The average Bonchev–Trinajstić information content (AvgIpc) is 3.08. The summed E-state index contributed by atoms with van der Waals surface area (Å²) in [5, 5.41) is 3.74. The third-order valence-electron chi connectivity index (χ3n) is 4.03. The van der Waals surface area contributed by atoms with E-state index in [4.69, 9.17) is 0 Å². The predicted octanol–water partition coefficient (Wildman–Crippen LogP) is 3.21. The van der Waals surface area contributed by atoms with Crippen molar-refractivity contribution in [1.29, 1.82) is 0 Å². The molecule has 94 valence electrons. The molecule has 1 aromatic rings. The molecule has 1 aliphatic rings. The molecular weight excluding hydrogens is 208 g/mol. The van der Waals surface area contributed by atoms with Crippen LogP contribution in [-0.2, 0) is 0 Å². The smallest absolute Gasteiger partial charge is 0.0270 e. The summed E-state index contributed by atoms with van der Waals surface area (Å²) in [5.74, 6) is 2.35. The molecule has 1 fully saturated rings. The highest BCUT2D eigenvalue weighted by molar-refractivity contribution is 5.19. The fourth-order valence-electron chi connectivity index (χ4n) is 2.74. The monoisotopic (exact) mass is 232 g/mol. The second-order valence-electron chi connectivity index (χ2n) is 5.43. The second-order valence-corrected chi connectivity index (χ2v) is 5.43. The summed E-state index contributed by atoms with van der Waals surface area (Å²) < 4.78 is 0. The molecule has 0 saturated heterocycles. The summed E-state index contributed by atoms with van der Waals surface area (Å²) in [5.41, 5.74) is 1.41. The Morgan fingerprint density at radius 1 is 1.41 bits per heavy atom. The largest absolute Gasteiger partial charge is 0.313 e. The average molecular weight is 232 g/mol. The lowest BCUT2D eigenvalue weighted by atomic mass is 9.90. The summed E-state index contributed by atoms with van der Waals surface area (Å²) >= 11 is 0. The van der Waals surface area contributed by atoms with Crippen LogP contribution in [0, 0.1) is 11.8 Å². The van der Waals surface area contributed by atoms with Gasteiger partial charge in [0.25, 0.3) is 0 Å². The van der Waals surface area contributed by atoms with Crippen molar-refractivity contribution in [3.05, 3.63) is 30.1 Å². The van der Waals surface area contributed by atoms with Gasteiger partial charge in [-0.15, -0.1) is 0 Å². The van der Waals surface area contributed by atoms with Gasteiger partial charge >= 0.3 is 0 Å². The zero-order valence-corrected chi connectivity index (χ0v) is 11.2. The maximum Gasteiger partial charge on any atom is 0.0270 e. The molecule has 0 spiro atoms. The van der Waals surface area contributed by atoms with Crippen molar-refractivity contribution in [2.24, 2.45) is 11.8 Å². The van der Waals surface area contributed by atoms with E-state index in [1.54, 1.807) is 0 Å². The van der Waals surface area contributed by atoms with E-state index in [0.29, 0.717) is 12.0 Å². The molecule has 1 aliphatic carbocycles. The lowest BCUT2D eigenvalue weighted by molar-refractivity contribution is 0.394. The normalized spacial score (nSPS) is 26.5. The molecular formula is C15H24N2. The van der Waals surface area contributed by atoms with Crippen LogP contribution >= 0.6 is 0 Å². The van der Waals surface area contributed by atoms with Gasteiger partial charge in [-0.25, -0.2) is 0 Å². The van der Waals surface area contributed by atoms with E-state index < -0.39 is 0 Å². The van der Waals surface area contributed by atoms with Gasteiger partial charge in [-0.05, 0) is 54.8 Å². The lowest BCUT2D eigenvalue weighted by Crippen LogP contribution is -2.36. The van der Waals surface area contributed by atoms with Gasteiger partial charge in [-0.1, -0.05) is 20.8 Å². The van der Waals surface area contributed by atoms with Crippen molar-refractivity contribution in [2.75, 3.05) is 6.54 Å². The topological polar surface area (TPSA) is 24.9 Å². The van der Waals surface area contributed by atoms with Gasteiger partial charge in [0.05, 0.1) is 0 Å². The van der Waals surface area contributed by atoms with Gasteiger partial charge in [0.15, 0.2) is 0 Å². The number of hydrogen-bond acceptors (Lipinski definition) is 2. The SMILES string of the molecule is CCCNC(C(C)c1ccncc1)C1CC1C. The Balaban J connectivity index is 2.04. The second kappa shape index (κ2) is 5.63. The minimum Gasteiger partial charge on any atom is -0.313 e. The minimum absolute atomic E-state index is 0.583. The fraction of sp³-hybridized carbons (Fsp3) is 0.667. The van der Waals surface area contributed by atoms with Crippen LogP contribution in [0.25, 0.3) is 0 Å². The van der Waals surface area contributed by atoms with Gasteiger partial charge in [0.1, 0.15) is 0 Å². The van der Waals surface area contributed by atoms with Gasteiger partial charge in [-0.2, -0.15) is 0 Å².